The van der Waals surface area contributed by atoms with Crippen LogP contribution < -0.4 is 16.0 Å². The average molecular weight is 390 g/mol. The molecule has 2 aromatic carbocycles. The summed E-state index contributed by atoms with van der Waals surface area (Å²) in [5.74, 6) is 4.93. The largest absolute Gasteiger partial charge is 0.494 e. The van der Waals surface area contributed by atoms with Crippen molar-refractivity contribution in [3.63, 3.8) is 0 Å². The SMILES string of the molecule is COc1ccc(C(NN)c2ccc(F)cc2I)cc1F. The first-order valence-corrected chi connectivity index (χ1v) is 6.89. The van der Waals surface area contributed by atoms with E-state index in [1.807, 2.05) is 22.6 Å². The van der Waals surface area contributed by atoms with Gasteiger partial charge in [0.15, 0.2) is 11.6 Å². The van der Waals surface area contributed by atoms with Gasteiger partial charge in [0.1, 0.15) is 5.82 Å². The Hall–Kier alpha value is -1.25. The van der Waals surface area contributed by atoms with E-state index in [0.29, 0.717) is 9.13 Å². The van der Waals surface area contributed by atoms with Gasteiger partial charge in [0.2, 0.25) is 0 Å². The topological polar surface area (TPSA) is 47.3 Å². The summed E-state index contributed by atoms with van der Waals surface area (Å²) in [6.07, 6.45) is 0. The fourth-order valence-electron chi connectivity index (χ4n) is 1.96. The highest BCUT2D eigenvalue weighted by atomic mass is 127. The molecule has 1 atom stereocenters. The standard InChI is InChI=1S/C14H13F2IN2O/c1-20-13-5-2-8(6-11(13)16)14(19-18)10-4-3-9(15)7-12(10)17/h2-7,14,19H,18H2,1H3. The van der Waals surface area contributed by atoms with Crippen molar-refractivity contribution in [2.45, 2.75) is 6.04 Å². The number of hydrazine groups is 1. The van der Waals surface area contributed by atoms with Crippen LogP contribution in [-0.2, 0) is 0 Å². The van der Waals surface area contributed by atoms with Crippen LogP contribution in [0.25, 0.3) is 0 Å². The molecule has 2 rings (SSSR count). The summed E-state index contributed by atoms with van der Waals surface area (Å²) >= 11 is 2.02. The van der Waals surface area contributed by atoms with Crippen molar-refractivity contribution >= 4 is 22.6 Å². The van der Waals surface area contributed by atoms with Crippen molar-refractivity contribution in [2.24, 2.45) is 5.84 Å². The molecule has 0 aliphatic carbocycles. The van der Waals surface area contributed by atoms with E-state index < -0.39 is 11.9 Å². The Morgan fingerprint density at radius 2 is 1.95 bits per heavy atom. The summed E-state index contributed by atoms with van der Waals surface area (Å²) in [4.78, 5) is 0. The summed E-state index contributed by atoms with van der Waals surface area (Å²) in [5.41, 5.74) is 4.04. The van der Waals surface area contributed by atoms with Gasteiger partial charge in [-0.05, 0) is 58.0 Å². The maximum absolute atomic E-state index is 13.8. The minimum atomic E-state index is -0.470. The molecule has 0 aliphatic rings. The van der Waals surface area contributed by atoms with Gasteiger partial charge in [-0.25, -0.2) is 14.2 Å². The lowest BCUT2D eigenvalue weighted by atomic mass is 9.99. The van der Waals surface area contributed by atoms with E-state index >= 15 is 0 Å². The first kappa shape index (κ1) is 15.1. The molecular weight excluding hydrogens is 377 g/mol. The quantitative estimate of drug-likeness (QED) is 0.479. The second-order valence-electron chi connectivity index (χ2n) is 4.16. The van der Waals surface area contributed by atoms with Gasteiger partial charge in [0.05, 0.1) is 13.2 Å². The minimum absolute atomic E-state index is 0.165. The summed E-state index contributed by atoms with van der Waals surface area (Å²) in [5, 5.41) is 0. The molecule has 0 aliphatic heterocycles. The number of ether oxygens (including phenoxy) is 1. The molecule has 0 fully saturated rings. The highest BCUT2D eigenvalue weighted by Crippen LogP contribution is 2.29. The van der Waals surface area contributed by atoms with Gasteiger partial charge >= 0.3 is 0 Å². The molecule has 3 N–H and O–H groups in total. The van der Waals surface area contributed by atoms with Gasteiger partial charge < -0.3 is 4.74 Å². The molecule has 0 bridgehead atoms. The summed E-state index contributed by atoms with van der Waals surface area (Å²) < 4.78 is 32.5. The lowest BCUT2D eigenvalue weighted by Crippen LogP contribution is -2.29. The molecule has 0 heterocycles. The van der Waals surface area contributed by atoms with Crippen molar-refractivity contribution in [1.29, 1.82) is 0 Å². The third-order valence-electron chi connectivity index (χ3n) is 2.95. The molecule has 0 aromatic heterocycles. The van der Waals surface area contributed by atoms with Crippen LogP contribution in [0.15, 0.2) is 36.4 Å². The van der Waals surface area contributed by atoms with Crippen LogP contribution in [0.4, 0.5) is 8.78 Å². The first-order chi connectivity index (χ1) is 9.56. The summed E-state index contributed by atoms with van der Waals surface area (Å²) in [7, 11) is 1.40. The molecular formula is C14H13F2IN2O. The third-order valence-corrected chi connectivity index (χ3v) is 3.88. The maximum Gasteiger partial charge on any atom is 0.165 e. The van der Waals surface area contributed by atoms with Crippen molar-refractivity contribution < 1.29 is 13.5 Å². The molecule has 20 heavy (non-hydrogen) atoms. The van der Waals surface area contributed by atoms with Crippen molar-refractivity contribution in [2.75, 3.05) is 7.11 Å². The Balaban J connectivity index is 2.44. The Morgan fingerprint density at radius 3 is 2.50 bits per heavy atom. The lowest BCUT2D eigenvalue weighted by Gasteiger charge is -2.19. The molecule has 0 saturated carbocycles. The van der Waals surface area contributed by atoms with E-state index in [9.17, 15) is 8.78 Å². The van der Waals surface area contributed by atoms with Gasteiger partial charge in [0, 0.05) is 3.57 Å². The molecule has 0 spiro atoms. The van der Waals surface area contributed by atoms with E-state index in [0.717, 1.165) is 5.56 Å². The smallest absolute Gasteiger partial charge is 0.165 e. The van der Waals surface area contributed by atoms with Crippen molar-refractivity contribution in [3.05, 3.63) is 62.7 Å². The maximum atomic E-state index is 13.8. The van der Waals surface area contributed by atoms with Crippen molar-refractivity contribution in [3.8, 4) is 5.75 Å². The van der Waals surface area contributed by atoms with Gasteiger partial charge in [-0.15, -0.1) is 0 Å². The number of nitrogens with one attached hydrogen (secondary N) is 1. The zero-order valence-electron chi connectivity index (χ0n) is 10.7. The molecule has 3 nitrogen and oxygen atoms in total. The van der Waals surface area contributed by atoms with E-state index in [2.05, 4.69) is 5.43 Å². The van der Waals surface area contributed by atoms with Gasteiger partial charge in [-0.1, -0.05) is 12.1 Å². The fourth-order valence-corrected chi connectivity index (χ4v) is 2.75. The van der Waals surface area contributed by atoms with Crippen LogP contribution in [0.3, 0.4) is 0 Å². The number of halogens is 3. The number of nitrogens with two attached hydrogens (primary N) is 1. The van der Waals surface area contributed by atoms with Crippen LogP contribution in [0, 0.1) is 15.2 Å². The molecule has 0 amide bonds. The number of benzene rings is 2. The zero-order chi connectivity index (χ0) is 14.7. The first-order valence-electron chi connectivity index (χ1n) is 5.81. The highest BCUT2D eigenvalue weighted by molar-refractivity contribution is 14.1. The summed E-state index contributed by atoms with van der Waals surface area (Å²) in [6.45, 7) is 0. The summed E-state index contributed by atoms with van der Waals surface area (Å²) in [6, 6.07) is 8.55. The van der Waals surface area contributed by atoms with Crippen LogP contribution in [0.1, 0.15) is 17.2 Å². The van der Waals surface area contributed by atoms with E-state index in [-0.39, 0.29) is 11.6 Å². The molecule has 106 valence electrons. The van der Waals surface area contributed by atoms with Crippen molar-refractivity contribution in [1.82, 2.24) is 5.43 Å². The predicted octanol–water partition coefficient (Wildman–Crippen LogP) is 3.13. The van der Waals surface area contributed by atoms with Gasteiger partial charge in [-0.3, -0.25) is 5.84 Å². The predicted molar refractivity (Wildman–Crippen MR) is 81.2 cm³/mol. The zero-order valence-corrected chi connectivity index (χ0v) is 12.8. The Labute approximate surface area is 129 Å². The Kier molecular flexibility index (Phi) is 4.90. The second kappa shape index (κ2) is 6.47. The highest BCUT2D eigenvalue weighted by Gasteiger charge is 2.17. The fraction of sp³-hybridized carbons (Fsp3) is 0.143. The van der Waals surface area contributed by atoms with E-state index in [1.54, 1.807) is 12.1 Å². The normalized spacial score (nSPS) is 12.2. The molecule has 0 radical (unpaired) electrons. The minimum Gasteiger partial charge on any atom is -0.494 e. The van der Waals surface area contributed by atoms with E-state index in [4.69, 9.17) is 10.6 Å². The monoisotopic (exact) mass is 390 g/mol. The second-order valence-corrected chi connectivity index (χ2v) is 5.32. The molecule has 1 unspecified atom stereocenters. The van der Waals surface area contributed by atoms with E-state index in [1.165, 1.54) is 31.4 Å². The van der Waals surface area contributed by atoms with Gasteiger partial charge in [-0.2, -0.15) is 0 Å². The number of hydrogen-bond acceptors (Lipinski definition) is 3. The molecule has 0 saturated heterocycles. The lowest BCUT2D eigenvalue weighted by molar-refractivity contribution is 0.385. The number of rotatable bonds is 4. The molecule has 6 heteroatoms. The van der Waals surface area contributed by atoms with Crippen LogP contribution in [0.2, 0.25) is 0 Å². The average Bonchev–Trinajstić information content (AvgIpc) is 2.42. The van der Waals surface area contributed by atoms with Crippen LogP contribution >= 0.6 is 22.6 Å². The Morgan fingerprint density at radius 1 is 1.20 bits per heavy atom. The van der Waals surface area contributed by atoms with Gasteiger partial charge in [0.25, 0.3) is 0 Å². The number of methoxy groups -OCH3 is 1. The van der Waals surface area contributed by atoms with Crippen LogP contribution in [0.5, 0.6) is 5.75 Å². The molecule has 2 aromatic rings. The van der Waals surface area contributed by atoms with Crippen LogP contribution in [-0.4, -0.2) is 7.11 Å². The third kappa shape index (κ3) is 3.08. The Bertz CT molecular complexity index is 622. The number of hydrogen-bond donors (Lipinski definition) is 2.